The zero-order valence-corrected chi connectivity index (χ0v) is 15.7. The molecule has 0 aliphatic heterocycles. The minimum absolute atomic E-state index is 0.218. The number of benzene rings is 3. The lowest BCUT2D eigenvalue weighted by Gasteiger charge is -2.14. The van der Waals surface area contributed by atoms with Gasteiger partial charge in [0.15, 0.2) is 0 Å². The maximum Gasteiger partial charge on any atom is 0.255 e. The van der Waals surface area contributed by atoms with Crippen LogP contribution in [0.1, 0.15) is 10.4 Å². The van der Waals surface area contributed by atoms with Crippen molar-refractivity contribution in [2.24, 2.45) is 0 Å². The van der Waals surface area contributed by atoms with Crippen molar-refractivity contribution in [3.63, 3.8) is 0 Å². The fourth-order valence-electron chi connectivity index (χ4n) is 2.73. The number of hydrogen-bond donors (Lipinski definition) is 2. The van der Waals surface area contributed by atoms with Gasteiger partial charge in [0, 0.05) is 25.3 Å². The summed E-state index contributed by atoms with van der Waals surface area (Å²) in [6, 6.07) is 20.8. The molecule has 1 amide bonds. The summed E-state index contributed by atoms with van der Waals surface area (Å²) in [7, 11) is 5.60. The van der Waals surface area contributed by atoms with Crippen molar-refractivity contribution in [2.75, 3.05) is 37.2 Å². The van der Waals surface area contributed by atoms with E-state index in [0.717, 1.165) is 16.8 Å². The number of carbonyl (C=O) groups excluding carboxylic acids is 1. The summed E-state index contributed by atoms with van der Waals surface area (Å²) in [5.74, 6) is 0.485. The Kier molecular flexibility index (Phi) is 5.31. The van der Waals surface area contributed by atoms with Crippen molar-refractivity contribution in [1.82, 2.24) is 0 Å². The van der Waals surface area contributed by atoms with Gasteiger partial charge < -0.3 is 20.7 Å². The molecule has 27 heavy (non-hydrogen) atoms. The monoisotopic (exact) mass is 361 g/mol. The molecule has 5 heteroatoms. The highest BCUT2D eigenvalue weighted by atomic mass is 16.5. The zero-order valence-electron chi connectivity index (χ0n) is 15.7. The molecule has 0 saturated carbocycles. The highest BCUT2D eigenvalue weighted by Crippen LogP contribution is 2.29. The van der Waals surface area contributed by atoms with Crippen LogP contribution >= 0.6 is 0 Å². The maximum atomic E-state index is 12.5. The van der Waals surface area contributed by atoms with Crippen LogP contribution in [0.25, 0.3) is 11.1 Å². The average molecular weight is 361 g/mol. The standard InChI is InChI=1S/C22H23N3O2/c1-25(2)18-9-4-15(5-10-18)17-8-13-20(23)21(14-17)24-22(26)16-6-11-19(27-3)12-7-16/h4-14H,23H2,1-3H3,(H,24,26). The van der Waals surface area contributed by atoms with Crippen LogP contribution in [0.2, 0.25) is 0 Å². The minimum atomic E-state index is -0.218. The molecule has 3 rings (SSSR count). The summed E-state index contributed by atoms with van der Waals surface area (Å²) in [6.07, 6.45) is 0. The smallest absolute Gasteiger partial charge is 0.255 e. The summed E-state index contributed by atoms with van der Waals surface area (Å²) >= 11 is 0. The number of hydrogen-bond acceptors (Lipinski definition) is 4. The predicted molar refractivity (Wildman–Crippen MR) is 112 cm³/mol. The molecule has 0 atom stereocenters. The third-order valence-corrected chi connectivity index (χ3v) is 4.37. The van der Waals surface area contributed by atoms with Crippen LogP contribution in [0.5, 0.6) is 5.75 Å². The first kappa shape index (κ1) is 18.3. The van der Waals surface area contributed by atoms with E-state index in [1.807, 2.05) is 31.1 Å². The number of ether oxygens (including phenoxy) is 1. The summed E-state index contributed by atoms with van der Waals surface area (Å²) in [5.41, 5.74) is 10.9. The summed E-state index contributed by atoms with van der Waals surface area (Å²) in [5, 5.41) is 2.89. The number of methoxy groups -OCH3 is 1. The Bertz CT molecular complexity index is 933. The molecule has 0 fully saturated rings. The number of nitrogens with one attached hydrogen (secondary N) is 1. The molecule has 0 aliphatic rings. The molecule has 0 aromatic heterocycles. The van der Waals surface area contributed by atoms with Gasteiger partial charge in [-0.3, -0.25) is 4.79 Å². The van der Waals surface area contributed by atoms with E-state index in [1.165, 1.54) is 0 Å². The molecule has 3 N–H and O–H groups in total. The van der Waals surface area contributed by atoms with Crippen LogP contribution in [-0.4, -0.2) is 27.1 Å². The van der Waals surface area contributed by atoms with Crippen LogP contribution in [0.3, 0.4) is 0 Å². The summed E-state index contributed by atoms with van der Waals surface area (Å²) in [6.45, 7) is 0. The van der Waals surface area contributed by atoms with Crippen LogP contribution < -0.4 is 20.7 Å². The van der Waals surface area contributed by atoms with Gasteiger partial charge in [-0.25, -0.2) is 0 Å². The summed E-state index contributed by atoms with van der Waals surface area (Å²) in [4.78, 5) is 14.6. The van der Waals surface area contributed by atoms with E-state index in [-0.39, 0.29) is 5.91 Å². The normalized spacial score (nSPS) is 10.3. The number of anilines is 3. The van der Waals surface area contributed by atoms with Gasteiger partial charge in [-0.05, 0) is 59.7 Å². The Morgan fingerprint density at radius 1 is 0.926 bits per heavy atom. The molecule has 0 aliphatic carbocycles. The van der Waals surface area contributed by atoms with Crippen molar-refractivity contribution in [3.05, 3.63) is 72.3 Å². The molecule has 0 heterocycles. The Hall–Kier alpha value is -3.47. The van der Waals surface area contributed by atoms with E-state index < -0.39 is 0 Å². The third-order valence-electron chi connectivity index (χ3n) is 4.37. The van der Waals surface area contributed by atoms with E-state index in [1.54, 1.807) is 37.4 Å². The molecule has 3 aromatic rings. The van der Waals surface area contributed by atoms with Gasteiger partial charge in [0.2, 0.25) is 0 Å². The Labute approximate surface area is 159 Å². The van der Waals surface area contributed by atoms with Gasteiger partial charge in [0.1, 0.15) is 5.75 Å². The number of nitrogens with zero attached hydrogens (tertiary/aromatic N) is 1. The van der Waals surface area contributed by atoms with Gasteiger partial charge in [0.25, 0.3) is 5.91 Å². The van der Waals surface area contributed by atoms with Gasteiger partial charge >= 0.3 is 0 Å². The molecule has 0 unspecified atom stereocenters. The second-order valence-electron chi connectivity index (χ2n) is 6.43. The van der Waals surface area contributed by atoms with Crippen molar-refractivity contribution in [2.45, 2.75) is 0 Å². The minimum Gasteiger partial charge on any atom is -0.497 e. The second-order valence-corrected chi connectivity index (χ2v) is 6.43. The SMILES string of the molecule is COc1ccc(C(=O)Nc2cc(-c3ccc(N(C)C)cc3)ccc2N)cc1. The molecule has 5 nitrogen and oxygen atoms in total. The molecule has 0 saturated heterocycles. The third kappa shape index (κ3) is 4.20. The molecular formula is C22H23N3O2. The first-order valence-corrected chi connectivity index (χ1v) is 8.60. The number of nitrogens with two attached hydrogens (primary N) is 1. The number of carbonyl (C=O) groups is 1. The van der Waals surface area contributed by atoms with Crippen molar-refractivity contribution < 1.29 is 9.53 Å². The lowest BCUT2D eigenvalue weighted by molar-refractivity contribution is 0.102. The fraction of sp³-hybridized carbons (Fsp3) is 0.136. The molecule has 0 radical (unpaired) electrons. The van der Waals surface area contributed by atoms with E-state index in [9.17, 15) is 4.79 Å². The number of nitrogen functional groups attached to an aromatic ring is 1. The maximum absolute atomic E-state index is 12.5. The molecule has 0 spiro atoms. The van der Waals surface area contributed by atoms with E-state index >= 15 is 0 Å². The van der Waals surface area contributed by atoms with Gasteiger partial charge in [-0.1, -0.05) is 18.2 Å². The second kappa shape index (κ2) is 7.83. The van der Waals surface area contributed by atoms with Crippen molar-refractivity contribution in [1.29, 1.82) is 0 Å². The van der Waals surface area contributed by atoms with Crippen molar-refractivity contribution >= 4 is 23.0 Å². The lowest BCUT2D eigenvalue weighted by Crippen LogP contribution is -2.13. The predicted octanol–water partition coefficient (Wildman–Crippen LogP) is 4.26. The topological polar surface area (TPSA) is 67.6 Å². The first-order valence-electron chi connectivity index (χ1n) is 8.60. The van der Waals surface area contributed by atoms with Crippen LogP contribution in [0.4, 0.5) is 17.1 Å². The quantitative estimate of drug-likeness (QED) is 0.666. The van der Waals surface area contributed by atoms with Crippen LogP contribution in [-0.2, 0) is 0 Å². The van der Waals surface area contributed by atoms with Crippen LogP contribution in [0.15, 0.2) is 66.7 Å². The Morgan fingerprint density at radius 3 is 2.15 bits per heavy atom. The first-order chi connectivity index (χ1) is 13.0. The number of amides is 1. The molecule has 0 bridgehead atoms. The highest BCUT2D eigenvalue weighted by molar-refractivity contribution is 6.06. The van der Waals surface area contributed by atoms with Crippen molar-refractivity contribution in [3.8, 4) is 16.9 Å². The van der Waals surface area contributed by atoms with E-state index in [4.69, 9.17) is 10.5 Å². The Balaban J connectivity index is 1.83. The van der Waals surface area contributed by atoms with E-state index in [2.05, 4.69) is 29.6 Å². The lowest BCUT2D eigenvalue weighted by atomic mass is 10.0. The molecule has 138 valence electrons. The Morgan fingerprint density at radius 2 is 1.56 bits per heavy atom. The van der Waals surface area contributed by atoms with Crippen LogP contribution in [0, 0.1) is 0 Å². The average Bonchev–Trinajstić information content (AvgIpc) is 2.69. The summed E-state index contributed by atoms with van der Waals surface area (Å²) < 4.78 is 5.12. The molecule has 3 aromatic carbocycles. The zero-order chi connectivity index (χ0) is 19.4. The van der Waals surface area contributed by atoms with E-state index in [0.29, 0.717) is 22.7 Å². The number of rotatable bonds is 5. The highest BCUT2D eigenvalue weighted by Gasteiger charge is 2.10. The molecular weight excluding hydrogens is 338 g/mol. The fourth-order valence-corrected chi connectivity index (χ4v) is 2.73. The van der Waals surface area contributed by atoms with Gasteiger partial charge in [-0.2, -0.15) is 0 Å². The largest absolute Gasteiger partial charge is 0.497 e. The van der Waals surface area contributed by atoms with Gasteiger partial charge in [-0.15, -0.1) is 0 Å². The van der Waals surface area contributed by atoms with Gasteiger partial charge in [0.05, 0.1) is 18.5 Å².